The van der Waals surface area contributed by atoms with Crippen molar-refractivity contribution < 1.29 is 9.53 Å². The topological polar surface area (TPSA) is 58.8 Å². The Morgan fingerprint density at radius 3 is 2.64 bits per heavy atom. The van der Waals surface area contributed by atoms with E-state index in [0.717, 1.165) is 43.1 Å². The predicted octanol–water partition coefficient (Wildman–Crippen LogP) is 3.38. The molecule has 2 aliphatic rings. The van der Waals surface area contributed by atoms with E-state index < -0.39 is 0 Å². The van der Waals surface area contributed by atoms with Gasteiger partial charge in [0.05, 0.1) is 29.7 Å². The van der Waals surface area contributed by atoms with Crippen LogP contribution in [0.2, 0.25) is 0 Å². The molecule has 0 saturated heterocycles. The quantitative estimate of drug-likeness (QED) is 0.859. The summed E-state index contributed by atoms with van der Waals surface area (Å²) < 4.78 is 6.06. The highest BCUT2D eigenvalue weighted by atomic mass is 16.5. The highest BCUT2D eigenvalue weighted by molar-refractivity contribution is 5.98. The molecule has 0 saturated carbocycles. The second-order valence-electron chi connectivity index (χ2n) is 6.44. The van der Waals surface area contributed by atoms with Gasteiger partial charge in [0.2, 0.25) is 0 Å². The van der Waals surface area contributed by atoms with Crippen LogP contribution < -0.4 is 15.4 Å². The SMILES string of the molecule is CCCC(N(CC)CC)N1C2=C(CC(=O)C(N)=C2)Oc2ccccc21. The number of carbonyl (C=O) groups excluding carboxylic acids is 1. The summed E-state index contributed by atoms with van der Waals surface area (Å²) in [6.07, 6.45) is 4.30. The van der Waals surface area contributed by atoms with Gasteiger partial charge in [0.1, 0.15) is 5.76 Å². The number of nitrogens with two attached hydrogens (primary N) is 1. The van der Waals surface area contributed by atoms with E-state index in [1.165, 1.54) is 0 Å². The van der Waals surface area contributed by atoms with Crippen LogP contribution in [-0.4, -0.2) is 29.9 Å². The summed E-state index contributed by atoms with van der Waals surface area (Å²) in [6.45, 7) is 8.49. The Bertz CT molecular complexity index is 719. The van der Waals surface area contributed by atoms with Gasteiger partial charge >= 0.3 is 0 Å². The van der Waals surface area contributed by atoms with Crippen LogP contribution in [0.4, 0.5) is 5.69 Å². The third-order valence-electron chi connectivity index (χ3n) is 4.92. The summed E-state index contributed by atoms with van der Waals surface area (Å²) in [5.74, 6) is 1.43. The van der Waals surface area contributed by atoms with E-state index in [1.807, 2.05) is 18.2 Å². The molecule has 0 spiro atoms. The lowest BCUT2D eigenvalue weighted by Gasteiger charge is -2.44. The maximum atomic E-state index is 12.1. The predicted molar refractivity (Wildman–Crippen MR) is 100 cm³/mol. The summed E-state index contributed by atoms with van der Waals surface area (Å²) in [7, 11) is 0. The van der Waals surface area contributed by atoms with Crippen LogP contribution in [0, 0.1) is 0 Å². The Morgan fingerprint density at radius 2 is 1.96 bits per heavy atom. The molecule has 2 N–H and O–H groups in total. The standard InChI is InChI=1S/C20H27N3O2/c1-4-9-20(22(5-2)6-3)23-15-10-7-8-11-18(15)25-19-13-17(24)14(21)12-16(19)23/h7-8,10-12,20H,4-6,9,13,21H2,1-3H3. The molecule has 1 atom stereocenters. The van der Waals surface area contributed by atoms with Crippen LogP contribution in [0.15, 0.2) is 47.5 Å². The monoisotopic (exact) mass is 341 g/mol. The van der Waals surface area contributed by atoms with Gasteiger partial charge in [-0.2, -0.15) is 0 Å². The van der Waals surface area contributed by atoms with E-state index in [9.17, 15) is 4.79 Å². The Morgan fingerprint density at radius 1 is 1.24 bits per heavy atom. The lowest BCUT2D eigenvalue weighted by Crippen LogP contribution is -2.50. The third-order valence-corrected chi connectivity index (χ3v) is 4.92. The van der Waals surface area contributed by atoms with E-state index >= 15 is 0 Å². The van der Waals surface area contributed by atoms with Crippen LogP contribution in [0.5, 0.6) is 5.75 Å². The zero-order valence-electron chi connectivity index (χ0n) is 15.3. The van der Waals surface area contributed by atoms with Gasteiger partial charge in [0.15, 0.2) is 11.5 Å². The number of benzene rings is 1. The van der Waals surface area contributed by atoms with Gasteiger partial charge in [-0.3, -0.25) is 9.69 Å². The van der Waals surface area contributed by atoms with Crippen molar-refractivity contribution in [2.24, 2.45) is 5.73 Å². The van der Waals surface area contributed by atoms with Crippen LogP contribution >= 0.6 is 0 Å². The van der Waals surface area contributed by atoms with Gasteiger partial charge in [-0.15, -0.1) is 0 Å². The van der Waals surface area contributed by atoms with Gasteiger partial charge in [-0.05, 0) is 37.7 Å². The van der Waals surface area contributed by atoms with Crippen molar-refractivity contribution in [2.45, 2.75) is 46.2 Å². The maximum absolute atomic E-state index is 12.1. The number of nitrogens with zero attached hydrogens (tertiary/aromatic N) is 2. The fraction of sp³-hybridized carbons (Fsp3) is 0.450. The third kappa shape index (κ3) is 3.16. The molecule has 1 aromatic carbocycles. The van der Waals surface area contributed by atoms with E-state index in [2.05, 4.69) is 36.6 Å². The molecule has 1 unspecified atom stereocenters. The number of ketones is 1. The smallest absolute Gasteiger partial charge is 0.186 e. The number of hydrogen-bond acceptors (Lipinski definition) is 5. The molecule has 1 aliphatic carbocycles. The van der Waals surface area contributed by atoms with E-state index in [-0.39, 0.29) is 18.4 Å². The minimum Gasteiger partial charge on any atom is -0.457 e. The van der Waals surface area contributed by atoms with Crippen LogP contribution in [0.1, 0.15) is 40.0 Å². The Hall–Kier alpha value is -2.27. The normalized spacial score (nSPS) is 17.8. The first-order chi connectivity index (χ1) is 12.1. The van der Waals surface area contributed by atoms with Gasteiger partial charge in [0, 0.05) is 0 Å². The largest absolute Gasteiger partial charge is 0.457 e. The number of para-hydroxylation sites is 2. The van der Waals surface area contributed by atoms with E-state index in [0.29, 0.717) is 11.5 Å². The molecule has 0 bridgehead atoms. The molecular weight excluding hydrogens is 314 g/mol. The Kier molecular flexibility index (Phi) is 5.13. The zero-order chi connectivity index (χ0) is 18.0. The number of ether oxygens (including phenoxy) is 1. The molecule has 1 aromatic rings. The van der Waals surface area contributed by atoms with Crippen LogP contribution in [0.3, 0.4) is 0 Å². The highest BCUT2D eigenvalue weighted by Gasteiger charge is 2.35. The van der Waals surface area contributed by atoms with Crippen molar-refractivity contribution >= 4 is 11.5 Å². The summed E-state index contributed by atoms with van der Waals surface area (Å²) in [5.41, 5.74) is 8.22. The Balaban J connectivity index is 2.13. The van der Waals surface area contributed by atoms with Crippen molar-refractivity contribution in [2.75, 3.05) is 18.0 Å². The number of Topliss-reactive ketones (excluding diaryl/α,β-unsaturated/α-hetero) is 1. The summed E-state index contributed by atoms with van der Waals surface area (Å²) in [5, 5.41) is 0. The molecule has 0 aromatic heterocycles. The molecule has 0 fully saturated rings. The average molecular weight is 341 g/mol. The van der Waals surface area contributed by atoms with Crippen molar-refractivity contribution in [3.8, 4) is 5.75 Å². The maximum Gasteiger partial charge on any atom is 0.186 e. The summed E-state index contributed by atoms with van der Waals surface area (Å²) >= 11 is 0. The number of rotatable bonds is 6. The summed E-state index contributed by atoms with van der Waals surface area (Å²) in [4.78, 5) is 16.8. The van der Waals surface area contributed by atoms with Gasteiger partial charge in [-0.1, -0.05) is 39.3 Å². The van der Waals surface area contributed by atoms with Crippen molar-refractivity contribution in [3.05, 3.63) is 47.5 Å². The van der Waals surface area contributed by atoms with Crippen LogP contribution in [0.25, 0.3) is 0 Å². The van der Waals surface area contributed by atoms with Gasteiger partial charge in [-0.25, -0.2) is 0 Å². The van der Waals surface area contributed by atoms with Crippen molar-refractivity contribution in [1.82, 2.24) is 4.90 Å². The lowest BCUT2D eigenvalue weighted by molar-refractivity contribution is -0.115. The van der Waals surface area contributed by atoms with Gasteiger partial charge in [0.25, 0.3) is 0 Å². The number of allylic oxidation sites excluding steroid dienone is 3. The molecule has 3 rings (SSSR count). The zero-order valence-corrected chi connectivity index (χ0v) is 15.3. The minimum absolute atomic E-state index is 0.0760. The number of fused-ring (bicyclic) bond motifs is 1. The first kappa shape index (κ1) is 17.5. The first-order valence-electron chi connectivity index (χ1n) is 9.14. The number of anilines is 1. The van der Waals surface area contributed by atoms with Gasteiger partial charge < -0.3 is 15.4 Å². The molecular formula is C20H27N3O2. The molecule has 1 heterocycles. The molecule has 0 radical (unpaired) electrons. The highest BCUT2D eigenvalue weighted by Crippen LogP contribution is 2.42. The van der Waals surface area contributed by atoms with E-state index in [1.54, 1.807) is 6.08 Å². The number of hydrogen-bond donors (Lipinski definition) is 1. The fourth-order valence-corrected chi connectivity index (χ4v) is 3.64. The van der Waals surface area contributed by atoms with Crippen LogP contribution in [-0.2, 0) is 4.79 Å². The van der Waals surface area contributed by atoms with Crippen molar-refractivity contribution in [1.29, 1.82) is 0 Å². The Labute approximate surface area is 149 Å². The van der Waals surface area contributed by atoms with Crippen molar-refractivity contribution in [3.63, 3.8) is 0 Å². The summed E-state index contributed by atoms with van der Waals surface area (Å²) in [6, 6.07) is 8.02. The first-order valence-corrected chi connectivity index (χ1v) is 9.14. The fourth-order valence-electron chi connectivity index (χ4n) is 3.64. The second kappa shape index (κ2) is 7.31. The second-order valence-corrected chi connectivity index (χ2v) is 6.44. The molecule has 1 aliphatic heterocycles. The average Bonchev–Trinajstić information content (AvgIpc) is 2.61. The molecule has 5 nitrogen and oxygen atoms in total. The molecule has 134 valence electrons. The molecule has 5 heteroatoms. The number of carbonyl (C=O) groups is 1. The van der Waals surface area contributed by atoms with E-state index in [4.69, 9.17) is 10.5 Å². The molecule has 25 heavy (non-hydrogen) atoms. The lowest BCUT2D eigenvalue weighted by atomic mass is 10.0. The minimum atomic E-state index is -0.0760. The molecule has 0 amide bonds.